The fourth-order valence-corrected chi connectivity index (χ4v) is 2.42. The van der Waals surface area contributed by atoms with Gasteiger partial charge in [0.1, 0.15) is 5.75 Å². The van der Waals surface area contributed by atoms with Crippen molar-refractivity contribution in [3.05, 3.63) is 60.2 Å². The number of ether oxygens (including phenoxy) is 3. The van der Waals surface area contributed by atoms with Gasteiger partial charge in [-0.25, -0.2) is 4.79 Å². The molecule has 160 valence electrons. The highest BCUT2D eigenvalue weighted by Crippen LogP contribution is 2.11. The lowest BCUT2D eigenvalue weighted by Crippen LogP contribution is -2.21. The molecule has 7 nitrogen and oxygen atoms in total. The Morgan fingerprint density at radius 1 is 0.867 bits per heavy atom. The number of hydrogen-bond acceptors (Lipinski definition) is 6. The second-order valence-corrected chi connectivity index (χ2v) is 6.54. The summed E-state index contributed by atoms with van der Waals surface area (Å²) in [7, 11) is 0. The molecule has 2 aromatic rings. The molecule has 0 fully saturated rings. The third-order valence-electron chi connectivity index (χ3n) is 4.04. The number of benzene rings is 2. The Balaban J connectivity index is 1.62. The largest absolute Gasteiger partial charge is 0.494 e. The van der Waals surface area contributed by atoms with Crippen molar-refractivity contribution >= 4 is 23.5 Å². The molecule has 0 radical (unpaired) electrons. The Kier molecular flexibility index (Phi) is 9.92. The van der Waals surface area contributed by atoms with Gasteiger partial charge in [0.05, 0.1) is 18.8 Å². The maximum atomic E-state index is 11.9. The summed E-state index contributed by atoms with van der Waals surface area (Å²) in [5.41, 5.74) is 0.908. The fraction of sp³-hybridized carbons (Fsp3) is 0.348. The standard InChI is InChI=1S/C23H27NO6/c1-2-3-15-29-23(27)18-11-13-19(14-12-18)24-21(25)17-30-22(26)10-7-16-28-20-8-5-4-6-9-20/h4-6,8-9,11-14H,2-3,7,10,15-17H2,1H3,(H,24,25). The van der Waals surface area contributed by atoms with Crippen molar-refractivity contribution < 1.29 is 28.6 Å². The molecule has 2 aromatic carbocycles. The van der Waals surface area contributed by atoms with Crippen molar-refractivity contribution in [2.45, 2.75) is 32.6 Å². The van der Waals surface area contributed by atoms with Crippen molar-refractivity contribution in [1.29, 1.82) is 0 Å². The molecule has 0 atom stereocenters. The Morgan fingerprint density at radius 3 is 2.30 bits per heavy atom. The van der Waals surface area contributed by atoms with Gasteiger partial charge in [-0.2, -0.15) is 0 Å². The average molecular weight is 413 g/mol. The Bertz CT molecular complexity index is 804. The van der Waals surface area contributed by atoms with Gasteiger partial charge in [0, 0.05) is 12.1 Å². The smallest absolute Gasteiger partial charge is 0.338 e. The summed E-state index contributed by atoms with van der Waals surface area (Å²) < 4.78 is 15.6. The molecule has 0 aromatic heterocycles. The van der Waals surface area contributed by atoms with Gasteiger partial charge in [0.25, 0.3) is 5.91 Å². The van der Waals surface area contributed by atoms with E-state index in [0.717, 1.165) is 18.6 Å². The lowest BCUT2D eigenvalue weighted by atomic mass is 10.2. The van der Waals surface area contributed by atoms with E-state index in [1.165, 1.54) is 0 Å². The van der Waals surface area contributed by atoms with Crippen LogP contribution >= 0.6 is 0 Å². The molecule has 1 amide bonds. The first kappa shape index (κ1) is 22.9. The number of carbonyl (C=O) groups excluding carboxylic acids is 3. The normalized spacial score (nSPS) is 10.2. The Labute approximate surface area is 176 Å². The lowest BCUT2D eigenvalue weighted by Gasteiger charge is -2.08. The second kappa shape index (κ2) is 13.0. The molecule has 0 saturated heterocycles. The van der Waals surface area contributed by atoms with Crippen molar-refractivity contribution in [3.63, 3.8) is 0 Å². The van der Waals surface area contributed by atoms with E-state index < -0.39 is 17.8 Å². The quantitative estimate of drug-likeness (QED) is 0.418. The van der Waals surface area contributed by atoms with E-state index in [4.69, 9.17) is 14.2 Å². The van der Waals surface area contributed by atoms with Crippen molar-refractivity contribution in [2.75, 3.05) is 25.1 Å². The van der Waals surface area contributed by atoms with Crippen molar-refractivity contribution in [2.24, 2.45) is 0 Å². The first-order valence-corrected chi connectivity index (χ1v) is 9.99. The van der Waals surface area contributed by atoms with Gasteiger partial charge in [0.15, 0.2) is 6.61 Å². The van der Waals surface area contributed by atoms with Gasteiger partial charge in [-0.3, -0.25) is 9.59 Å². The van der Waals surface area contributed by atoms with Crippen molar-refractivity contribution in [1.82, 2.24) is 0 Å². The SMILES string of the molecule is CCCCOC(=O)c1ccc(NC(=O)COC(=O)CCCOc2ccccc2)cc1. The maximum Gasteiger partial charge on any atom is 0.338 e. The topological polar surface area (TPSA) is 90.9 Å². The zero-order valence-electron chi connectivity index (χ0n) is 17.1. The molecule has 0 bridgehead atoms. The maximum absolute atomic E-state index is 11.9. The number of esters is 2. The van der Waals surface area contributed by atoms with Crippen LogP contribution in [0.1, 0.15) is 43.0 Å². The van der Waals surface area contributed by atoms with Crippen molar-refractivity contribution in [3.8, 4) is 5.75 Å². The lowest BCUT2D eigenvalue weighted by molar-refractivity contribution is -0.147. The number of unbranched alkanes of at least 4 members (excludes halogenated alkanes) is 1. The highest BCUT2D eigenvalue weighted by atomic mass is 16.5. The number of carbonyl (C=O) groups is 3. The van der Waals surface area contributed by atoms with Gasteiger partial charge < -0.3 is 19.5 Å². The first-order chi connectivity index (χ1) is 14.6. The Hall–Kier alpha value is -3.35. The average Bonchev–Trinajstić information content (AvgIpc) is 2.76. The van der Waals surface area contributed by atoms with Gasteiger partial charge in [0.2, 0.25) is 0 Å². The first-order valence-electron chi connectivity index (χ1n) is 9.99. The molecule has 1 N–H and O–H groups in total. The summed E-state index contributed by atoms with van der Waals surface area (Å²) in [5.74, 6) is -0.578. The van der Waals surface area contributed by atoms with Crippen LogP contribution in [0.4, 0.5) is 5.69 Å². The third kappa shape index (κ3) is 8.77. The van der Waals surface area contributed by atoms with Crippen LogP contribution < -0.4 is 10.1 Å². The molecular weight excluding hydrogens is 386 g/mol. The Morgan fingerprint density at radius 2 is 1.60 bits per heavy atom. The van der Waals surface area contributed by atoms with E-state index in [-0.39, 0.29) is 13.0 Å². The molecule has 0 unspecified atom stereocenters. The molecule has 7 heteroatoms. The van der Waals surface area contributed by atoms with Crippen LogP contribution in [0, 0.1) is 0 Å². The molecular formula is C23H27NO6. The van der Waals surface area contributed by atoms with Gasteiger partial charge in [-0.1, -0.05) is 31.5 Å². The summed E-state index contributed by atoms with van der Waals surface area (Å²) in [6, 6.07) is 15.6. The predicted octanol–water partition coefficient (Wildman–Crippen LogP) is 3.98. The molecule has 0 aliphatic heterocycles. The highest BCUT2D eigenvalue weighted by Gasteiger charge is 2.10. The summed E-state index contributed by atoms with van der Waals surface area (Å²) in [6.07, 6.45) is 2.42. The highest BCUT2D eigenvalue weighted by molar-refractivity contribution is 5.94. The summed E-state index contributed by atoms with van der Waals surface area (Å²) in [6.45, 7) is 2.42. The number of anilines is 1. The molecule has 0 aliphatic rings. The van der Waals surface area contributed by atoms with E-state index in [1.807, 2.05) is 37.3 Å². The van der Waals surface area contributed by atoms with Crippen LogP contribution in [-0.2, 0) is 19.1 Å². The molecule has 0 heterocycles. The third-order valence-corrected chi connectivity index (χ3v) is 4.04. The zero-order valence-corrected chi connectivity index (χ0v) is 17.1. The van der Waals surface area contributed by atoms with Gasteiger partial charge in [-0.15, -0.1) is 0 Å². The number of rotatable bonds is 12. The number of para-hydroxylation sites is 1. The minimum absolute atomic E-state index is 0.162. The monoisotopic (exact) mass is 413 g/mol. The van der Waals surface area contributed by atoms with Crippen LogP contribution in [0.3, 0.4) is 0 Å². The molecule has 0 saturated carbocycles. The second-order valence-electron chi connectivity index (χ2n) is 6.54. The van der Waals surface area contributed by atoms with Crippen LogP contribution in [-0.4, -0.2) is 37.7 Å². The van der Waals surface area contributed by atoms with Crippen LogP contribution in [0.5, 0.6) is 5.75 Å². The van der Waals surface area contributed by atoms with Gasteiger partial charge >= 0.3 is 11.9 Å². The molecule has 0 spiro atoms. The fourth-order valence-electron chi connectivity index (χ4n) is 2.42. The van der Waals surface area contributed by atoms with Gasteiger partial charge in [-0.05, 0) is 49.2 Å². The number of nitrogens with one attached hydrogen (secondary N) is 1. The summed E-state index contributed by atoms with van der Waals surface area (Å²) in [5, 5.41) is 2.61. The molecule has 2 rings (SSSR count). The predicted molar refractivity (Wildman–Crippen MR) is 112 cm³/mol. The van der Waals surface area contributed by atoms with E-state index in [1.54, 1.807) is 24.3 Å². The van der Waals surface area contributed by atoms with E-state index in [0.29, 0.717) is 30.9 Å². The number of amides is 1. The number of hydrogen-bond donors (Lipinski definition) is 1. The van der Waals surface area contributed by atoms with E-state index in [2.05, 4.69) is 5.32 Å². The summed E-state index contributed by atoms with van der Waals surface area (Å²) >= 11 is 0. The molecule has 30 heavy (non-hydrogen) atoms. The zero-order chi connectivity index (χ0) is 21.6. The summed E-state index contributed by atoms with van der Waals surface area (Å²) in [4.78, 5) is 35.5. The minimum atomic E-state index is -0.466. The van der Waals surface area contributed by atoms with Crippen LogP contribution in [0.2, 0.25) is 0 Å². The minimum Gasteiger partial charge on any atom is -0.494 e. The van der Waals surface area contributed by atoms with Crippen LogP contribution in [0.15, 0.2) is 54.6 Å². The van der Waals surface area contributed by atoms with Crippen LogP contribution in [0.25, 0.3) is 0 Å². The van der Waals surface area contributed by atoms with E-state index in [9.17, 15) is 14.4 Å². The van der Waals surface area contributed by atoms with E-state index >= 15 is 0 Å². The molecule has 0 aliphatic carbocycles.